The highest BCUT2D eigenvalue weighted by molar-refractivity contribution is 7.09. The molecule has 0 fully saturated rings. The van der Waals surface area contributed by atoms with Crippen LogP contribution in [0.2, 0.25) is 0 Å². The molecule has 0 saturated carbocycles. The van der Waals surface area contributed by atoms with E-state index in [9.17, 15) is 0 Å². The lowest BCUT2D eigenvalue weighted by Gasteiger charge is -2.02. The summed E-state index contributed by atoms with van der Waals surface area (Å²) in [6.07, 6.45) is 7.82. The second kappa shape index (κ2) is 9.57. The third kappa shape index (κ3) is 6.76. The molecule has 17 heavy (non-hydrogen) atoms. The molecule has 0 aliphatic carbocycles. The zero-order valence-electron chi connectivity index (χ0n) is 10.8. The van der Waals surface area contributed by atoms with E-state index >= 15 is 0 Å². The maximum atomic E-state index is 5.59. The van der Waals surface area contributed by atoms with Gasteiger partial charge in [0.1, 0.15) is 5.01 Å². The van der Waals surface area contributed by atoms with E-state index in [1.54, 1.807) is 11.3 Å². The summed E-state index contributed by atoms with van der Waals surface area (Å²) >= 11 is 1.61. The van der Waals surface area contributed by atoms with E-state index in [4.69, 9.17) is 10.5 Å². The number of rotatable bonds is 10. The summed E-state index contributed by atoms with van der Waals surface area (Å²) < 4.78 is 5.59. The van der Waals surface area contributed by atoms with Crippen LogP contribution in [0.25, 0.3) is 0 Å². The lowest BCUT2D eigenvalue weighted by atomic mass is 10.1. The normalized spacial score (nSPS) is 10.9. The van der Waals surface area contributed by atoms with Crippen LogP contribution in [0.4, 0.5) is 0 Å². The largest absolute Gasteiger partial charge is 0.375 e. The highest BCUT2D eigenvalue weighted by Crippen LogP contribution is 2.10. The molecule has 1 aromatic heterocycles. The number of nitrogens with two attached hydrogens (primary N) is 1. The Hall–Kier alpha value is -0.450. The minimum Gasteiger partial charge on any atom is -0.375 e. The lowest BCUT2D eigenvalue weighted by Crippen LogP contribution is -1.98. The number of aromatic nitrogens is 1. The third-order valence-corrected chi connectivity index (χ3v) is 3.59. The average molecular weight is 256 g/mol. The van der Waals surface area contributed by atoms with Crippen LogP contribution in [0.15, 0.2) is 5.38 Å². The summed E-state index contributed by atoms with van der Waals surface area (Å²) in [5, 5.41) is 3.02. The minimum absolute atomic E-state index is 0.530. The van der Waals surface area contributed by atoms with Gasteiger partial charge in [0.05, 0.1) is 12.3 Å². The molecule has 4 heteroatoms. The zero-order valence-corrected chi connectivity index (χ0v) is 11.6. The van der Waals surface area contributed by atoms with Gasteiger partial charge in [-0.3, -0.25) is 0 Å². The van der Waals surface area contributed by atoms with Crippen LogP contribution in [-0.4, -0.2) is 11.6 Å². The minimum atomic E-state index is 0.530. The summed E-state index contributed by atoms with van der Waals surface area (Å²) in [7, 11) is 0. The molecule has 0 atom stereocenters. The Morgan fingerprint density at radius 2 is 2.00 bits per heavy atom. The van der Waals surface area contributed by atoms with E-state index in [0.717, 1.165) is 23.7 Å². The van der Waals surface area contributed by atoms with E-state index in [1.165, 1.54) is 32.1 Å². The maximum absolute atomic E-state index is 5.59. The van der Waals surface area contributed by atoms with Crippen molar-refractivity contribution in [3.8, 4) is 0 Å². The molecule has 0 aromatic carbocycles. The summed E-state index contributed by atoms with van der Waals surface area (Å²) in [6, 6.07) is 0. The second-order valence-corrected chi connectivity index (χ2v) is 5.20. The molecule has 98 valence electrons. The van der Waals surface area contributed by atoms with Gasteiger partial charge in [0, 0.05) is 18.5 Å². The van der Waals surface area contributed by atoms with Gasteiger partial charge >= 0.3 is 0 Å². The number of hydrogen-bond acceptors (Lipinski definition) is 4. The fourth-order valence-corrected chi connectivity index (χ4v) is 2.33. The van der Waals surface area contributed by atoms with Crippen LogP contribution < -0.4 is 5.73 Å². The predicted octanol–water partition coefficient (Wildman–Crippen LogP) is 3.48. The fraction of sp³-hybridized carbons (Fsp3) is 0.769. The smallest absolute Gasteiger partial charge is 0.107 e. The molecule has 3 nitrogen and oxygen atoms in total. The predicted molar refractivity (Wildman–Crippen MR) is 73.0 cm³/mol. The van der Waals surface area contributed by atoms with Crippen molar-refractivity contribution in [3.05, 3.63) is 16.1 Å². The van der Waals surface area contributed by atoms with Gasteiger partial charge in [-0.25, -0.2) is 4.98 Å². The van der Waals surface area contributed by atoms with Crippen molar-refractivity contribution in [2.24, 2.45) is 5.73 Å². The summed E-state index contributed by atoms with van der Waals surface area (Å²) in [6.45, 7) is 4.25. The Bertz CT molecular complexity index is 289. The molecular weight excluding hydrogens is 232 g/mol. The molecule has 0 saturated heterocycles. The van der Waals surface area contributed by atoms with E-state index < -0.39 is 0 Å². The quantitative estimate of drug-likeness (QED) is 0.652. The molecule has 0 amide bonds. The van der Waals surface area contributed by atoms with Crippen LogP contribution in [0, 0.1) is 0 Å². The third-order valence-electron chi connectivity index (χ3n) is 2.67. The molecule has 1 rings (SSSR count). The Kier molecular flexibility index (Phi) is 8.22. The topological polar surface area (TPSA) is 48.1 Å². The van der Waals surface area contributed by atoms with Crippen molar-refractivity contribution in [1.29, 1.82) is 0 Å². The molecule has 0 spiro atoms. The van der Waals surface area contributed by atoms with Crippen molar-refractivity contribution in [2.45, 2.75) is 58.6 Å². The Morgan fingerprint density at radius 3 is 2.71 bits per heavy atom. The second-order valence-electron chi connectivity index (χ2n) is 4.26. The van der Waals surface area contributed by atoms with Crippen LogP contribution in [-0.2, 0) is 17.9 Å². The van der Waals surface area contributed by atoms with Crippen molar-refractivity contribution >= 4 is 11.3 Å². The Morgan fingerprint density at radius 1 is 1.24 bits per heavy atom. The molecular formula is C13H24N2OS. The molecule has 1 heterocycles. The first-order chi connectivity index (χ1) is 8.36. The van der Waals surface area contributed by atoms with Crippen LogP contribution in [0.1, 0.15) is 56.2 Å². The van der Waals surface area contributed by atoms with Crippen molar-refractivity contribution in [3.63, 3.8) is 0 Å². The molecule has 0 bridgehead atoms. The summed E-state index contributed by atoms with van der Waals surface area (Å²) in [5.74, 6) is 0. The Balaban J connectivity index is 1.93. The van der Waals surface area contributed by atoms with Gasteiger partial charge in [0.15, 0.2) is 0 Å². The maximum Gasteiger partial charge on any atom is 0.107 e. The first-order valence-corrected chi connectivity index (χ1v) is 7.46. The van der Waals surface area contributed by atoms with Crippen molar-refractivity contribution < 1.29 is 4.74 Å². The first kappa shape index (κ1) is 14.6. The standard InChI is InChI=1S/C13H24N2OS/c1-2-3-4-5-6-7-8-16-10-12-11-17-13(9-14)15-12/h11H,2-10,14H2,1H3. The number of ether oxygens (including phenoxy) is 1. The molecule has 0 aliphatic heterocycles. The summed E-state index contributed by atoms with van der Waals surface area (Å²) in [4.78, 5) is 4.36. The van der Waals surface area contributed by atoms with Crippen molar-refractivity contribution in [2.75, 3.05) is 6.61 Å². The fourth-order valence-electron chi connectivity index (χ4n) is 1.67. The number of thiazole rings is 1. The van der Waals surface area contributed by atoms with Gasteiger partial charge in [0.2, 0.25) is 0 Å². The summed E-state index contributed by atoms with van der Waals surface area (Å²) in [5.41, 5.74) is 6.52. The molecule has 0 radical (unpaired) electrons. The van der Waals surface area contributed by atoms with E-state index in [-0.39, 0.29) is 0 Å². The van der Waals surface area contributed by atoms with Crippen LogP contribution in [0.3, 0.4) is 0 Å². The van der Waals surface area contributed by atoms with Gasteiger partial charge in [-0.05, 0) is 6.42 Å². The van der Waals surface area contributed by atoms with E-state index in [2.05, 4.69) is 11.9 Å². The van der Waals surface area contributed by atoms with Gasteiger partial charge < -0.3 is 10.5 Å². The average Bonchev–Trinajstić information content (AvgIpc) is 2.80. The van der Waals surface area contributed by atoms with Gasteiger partial charge in [-0.1, -0.05) is 39.0 Å². The highest BCUT2D eigenvalue weighted by atomic mass is 32.1. The zero-order chi connectivity index (χ0) is 12.3. The molecule has 1 aromatic rings. The number of hydrogen-bond donors (Lipinski definition) is 1. The van der Waals surface area contributed by atoms with E-state index in [0.29, 0.717) is 13.2 Å². The molecule has 2 N–H and O–H groups in total. The Labute approximate surface area is 108 Å². The SMILES string of the molecule is CCCCCCCCOCc1csc(CN)n1. The first-order valence-electron chi connectivity index (χ1n) is 6.58. The monoisotopic (exact) mass is 256 g/mol. The number of unbranched alkanes of at least 4 members (excludes halogenated alkanes) is 5. The molecule has 0 aliphatic rings. The number of nitrogens with zero attached hydrogens (tertiary/aromatic N) is 1. The van der Waals surface area contributed by atoms with E-state index in [1.807, 2.05) is 5.38 Å². The van der Waals surface area contributed by atoms with Crippen LogP contribution >= 0.6 is 11.3 Å². The van der Waals surface area contributed by atoms with Gasteiger partial charge in [-0.15, -0.1) is 11.3 Å². The van der Waals surface area contributed by atoms with Crippen molar-refractivity contribution in [1.82, 2.24) is 4.98 Å². The van der Waals surface area contributed by atoms with Crippen LogP contribution in [0.5, 0.6) is 0 Å². The van der Waals surface area contributed by atoms with Gasteiger partial charge in [-0.2, -0.15) is 0 Å². The lowest BCUT2D eigenvalue weighted by molar-refractivity contribution is 0.114. The molecule has 0 unspecified atom stereocenters. The highest BCUT2D eigenvalue weighted by Gasteiger charge is 2.00. The van der Waals surface area contributed by atoms with Gasteiger partial charge in [0.25, 0.3) is 0 Å².